The van der Waals surface area contributed by atoms with Crippen molar-refractivity contribution >= 4 is 28.7 Å². The molecule has 0 radical (unpaired) electrons. The number of Topliss-reactive ketones (excluding diaryl/α,β-unsaturated/α-hetero) is 1. The van der Waals surface area contributed by atoms with Crippen molar-refractivity contribution in [1.82, 2.24) is 9.47 Å². The number of piperidine rings is 3. The number of ketones is 1. The van der Waals surface area contributed by atoms with E-state index >= 15 is 0 Å². The lowest BCUT2D eigenvalue weighted by atomic mass is 9.84. The van der Waals surface area contributed by atoms with Crippen LogP contribution in [0.2, 0.25) is 0 Å². The van der Waals surface area contributed by atoms with E-state index in [1.54, 1.807) is 12.1 Å². The van der Waals surface area contributed by atoms with Gasteiger partial charge in [0.25, 0.3) is 0 Å². The summed E-state index contributed by atoms with van der Waals surface area (Å²) >= 11 is 0. The third-order valence-corrected chi connectivity index (χ3v) is 6.30. The average molecular weight is 400 g/mol. The van der Waals surface area contributed by atoms with Gasteiger partial charge in [-0.05, 0) is 42.7 Å². The monoisotopic (exact) mass is 400 g/mol. The molecular formula is C25H24N2O3. The molecule has 0 atom stereocenters. The van der Waals surface area contributed by atoms with Crippen molar-refractivity contribution in [3.63, 3.8) is 0 Å². The Morgan fingerprint density at radius 2 is 1.83 bits per heavy atom. The first kappa shape index (κ1) is 18.7. The van der Waals surface area contributed by atoms with Crippen molar-refractivity contribution in [3.8, 4) is 0 Å². The lowest BCUT2D eigenvalue weighted by Crippen LogP contribution is -2.45. The molecule has 5 heteroatoms. The van der Waals surface area contributed by atoms with E-state index in [0.29, 0.717) is 17.9 Å². The highest BCUT2D eigenvalue weighted by Crippen LogP contribution is 2.34. The van der Waals surface area contributed by atoms with E-state index in [4.69, 9.17) is 4.74 Å². The van der Waals surface area contributed by atoms with Crippen LogP contribution >= 0.6 is 0 Å². The molecule has 6 rings (SSSR count). The summed E-state index contributed by atoms with van der Waals surface area (Å²) in [4.78, 5) is 26.7. The SMILES string of the molecule is COC(=O)c1ccc(Cn2cc(/C=C3/C(=O)C4CCN3CC4)c3ccccc32)cc1. The molecule has 2 bridgehead atoms. The van der Waals surface area contributed by atoms with Gasteiger partial charge in [-0.25, -0.2) is 4.79 Å². The molecule has 2 aromatic carbocycles. The number of para-hydroxylation sites is 1. The number of fused-ring (bicyclic) bond motifs is 4. The Kier molecular flexibility index (Phi) is 4.66. The predicted molar refractivity (Wildman–Crippen MR) is 116 cm³/mol. The molecule has 30 heavy (non-hydrogen) atoms. The number of nitrogens with zero attached hydrogens (tertiary/aromatic N) is 2. The van der Waals surface area contributed by atoms with E-state index in [0.717, 1.165) is 53.7 Å². The number of methoxy groups -OCH3 is 1. The number of carbonyl (C=O) groups is 2. The average Bonchev–Trinajstić information content (AvgIpc) is 3.14. The Bertz CT molecular complexity index is 1150. The van der Waals surface area contributed by atoms with E-state index in [-0.39, 0.29) is 11.9 Å². The van der Waals surface area contributed by atoms with Gasteiger partial charge in [-0.15, -0.1) is 0 Å². The maximum Gasteiger partial charge on any atom is 0.337 e. The molecule has 0 aliphatic carbocycles. The van der Waals surface area contributed by atoms with E-state index in [9.17, 15) is 9.59 Å². The van der Waals surface area contributed by atoms with Gasteiger partial charge in [-0.1, -0.05) is 30.3 Å². The fraction of sp³-hybridized carbons (Fsp3) is 0.280. The van der Waals surface area contributed by atoms with Crippen molar-refractivity contribution in [2.24, 2.45) is 5.92 Å². The molecule has 152 valence electrons. The normalized spacial score (nSPS) is 17.8. The van der Waals surface area contributed by atoms with Gasteiger partial charge >= 0.3 is 5.97 Å². The number of esters is 1. The Morgan fingerprint density at radius 3 is 2.53 bits per heavy atom. The quantitative estimate of drug-likeness (QED) is 0.489. The smallest absolute Gasteiger partial charge is 0.337 e. The first-order valence-corrected chi connectivity index (χ1v) is 10.4. The van der Waals surface area contributed by atoms with Crippen LogP contribution in [0.4, 0.5) is 0 Å². The van der Waals surface area contributed by atoms with Gasteiger partial charge in [-0.3, -0.25) is 4.79 Å². The summed E-state index contributed by atoms with van der Waals surface area (Å²) in [5.41, 5.74) is 4.71. The molecular weight excluding hydrogens is 376 g/mol. The maximum absolute atomic E-state index is 12.8. The number of hydrogen-bond acceptors (Lipinski definition) is 4. The predicted octanol–water partition coefficient (Wildman–Crippen LogP) is 4.11. The number of ether oxygens (including phenoxy) is 1. The van der Waals surface area contributed by atoms with Gasteiger partial charge in [0.1, 0.15) is 0 Å². The van der Waals surface area contributed by atoms with Crippen LogP contribution in [0.5, 0.6) is 0 Å². The molecule has 3 fully saturated rings. The molecule has 3 aliphatic rings. The number of allylic oxidation sites excluding steroid dienone is 1. The zero-order chi connectivity index (χ0) is 20.7. The maximum atomic E-state index is 12.8. The van der Waals surface area contributed by atoms with E-state index in [1.807, 2.05) is 24.3 Å². The van der Waals surface area contributed by atoms with Crippen molar-refractivity contribution < 1.29 is 14.3 Å². The second-order valence-electron chi connectivity index (χ2n) is 8.07. The Balaban J connectivity index is 1.50. The molecule has 4 heterocycles. The Morgan fingerprint density at radius 1 is 1.10 bits per heavy atom. The molecule has 1 aromatic heterocycles. The molecule has 0 amide bonds. The minimum absolute atomic E-state index is 0.197. The molecule has 5 nitrogen and oxygen atoms in total. The molecule has 0 spiro atoms. The van der Waals surface area contributed by atoms with Gasteiger partial charge < -0.3 is 14.2 Å². The van der Waals surface area contributed by atoms with Crippen LogP contribution in [0, 0.1) is 5.92 Å². The minimum Gasteiger partial charge on any atom is -0.465 e. The highest BCUT2D eigenvalue weighted by atomic mass is 16.5. The highest BCUT2D eigenvalue weighted by Gasteiger charge is 2.36. The Hall–Kier alpha value is -3.34. The van der Waals surface area contributed by atoms with Crippen molar-refractivity contribution in [1.29, 1.82) is 0 Å². The number of rotatable bonds is 4. The number of carbonyl (C=O) groups excluding carboxylic acids is 2. The third-order valence-electron chi connectivity index (χ3n) is 6.30. The van der Waals surface area contributed by atoms with Gasteiger partial charge in [-0.2, -0.15) is 0 Å². The summed E-state index contributed by atoms with van der Waals surface area (Å²) in [6.07, 6.45) is 6.18. The van der Waals surface area contributed by atoms with E-state index in [1.165, 1.54) is 7.11 Å². The minimum atomic E-state index is -0.330. The van der Waals surface area contributed by atoms with Crippen molar-refractivity contribution in [2.75, 3.05) is 20.2 Å². The Labute approximate surface area is 175 Å². The van der Waals surface area contributed by atoms with Crippen LogP contribution < -0.4 is 0 Å². The molecule has 3 aromatic rings. The molecule has 0 saturated carbocycles. The second-order valence-corrected chi connectivity index (χ2v) is 8.07. The van der Waals surface area contributed by atoms with Crippen LogP contribution in [-0.4, -0.2) is 41.4 Å². The van der Waals surface area contributed by atoms with E-state index < -0.39 is 0 Å². The van der Waals surface area contributed by atoms with Crippen LogP contribution in [-0.2, 0) is 16.1 Å². The van der Waals surface area contributed by atoms with Gasteiger partial charge in [0.15, 0.2) is 5.78 Å². The summed E-state index contributed by atoms with van der Waals surface area (Å²) < 4.78 is 6.98. The number of benzene rings is 2. The molecule has 0 unspecified atom stereocenters. The molecule has 3 aliphatic heterocycles. The summed E-state index contributed by atoms with van der Waals surface area (Å²) in [6, 6.07) is 15.8. The van der Waals surface area contributed by atoms with Crippen molar-refractivity contribution in [2.45, 2.75) is 19.4 Å². The fourth-order valence-electron chi connectivity index (χ4n) is 4.64. The summed E-state index contributed by atoms with van der Waals surface area (Å²) in [6.45, 7) is 2.65. The summed E-state index contributed by atoms with van der Waals surface area (Å²) in [5, 5.41) is 1.15. The van der Waals surface area contributed by atoms with Gasteiger partial charge in [0.05, 0.1) is 18.4 Å². The van der Waals surface area contributed by atoms with Crippen LogP contribution in [0.3, 0.4) is 0 Å². The second kappa shape index (κ2) is 7.48. The van der Waals surface area contributed by atoms with Crippen LogP contribution in [0.15, 0.2) is 60.4 Å². The van der Waals surface area contributed by atoms with Gasteiger partial charge in [0, 0.05) is 48.2 Å². The highest BCUT2D eigenvalue weighted by molar-refractivity contribution is 6.04. The molecule has 3 saturated heterocycles. The lowest BCUT2D eigenvalue weighted by molar-refractivity contribution is -0.125. The summed E-state index contributed by atoms with van der Waals surface area (Å²) in [5.74, 6) is 0.161. The van der Waals surface area contributed by atoms with Crippen LogP contribution in [0.25, 0.3) is 17.0 Å². The first-order valence-electron chi connectivity index (χ1n) is 10.4. The zero-order valence-electron chi connectivity index (χ0n) is 17.0. The number of aromatic nitrogens is 1. The molecule has 0 N–H and O–H groups in total. The standard InChI is InChI=1S/C25H24N2O3/c1-30-25(29)19-8-6-17(7-9-19)15-27-16-20(21-4-2-3-5-22(21)27)14-23-24(28)18-10-12-26(23)13-11-18/h2-9,14,16,18H,10-13,15H2,1H3/b23-14-. The fourth-order valence-corrected chi connectivity index (χ4v) is 4.64. The largest absolute Gasteiger partial charge is 0.465 e. The first-order chi connectivity index (χ1) is 14.6. The zero-order valence-corrected chi connectivity index (χ0v) is 17.0. The number of hydrogen-bond donors (Lipinski definition) is 0. The van der Waals surface area contributed by atoms with Crippen molar-refractivity contribution in [3.05, 3.63) is 77.1 Å². The van der Waals surface area contributed by atoms with Crippen LogP contribution in [0.1, 0.15) is 34.3 Å². The summed E-state index contributed by atoms with van der Waals surface area (Å²) in [7, 11) is 1.39. The topological polar surface area (TPSA) is 51.5 Å². The van der Waals surface area contributed by atoms with Gasteiger partial charge in [0.2, 0.25) is 0 Å². The lowest BCUT2D eigenvalue weighted by Gasteiger charge is -2.41. The third kappa shape index (κ3) is 3.20. The van der Waals surface area contributed by atoms with E-state index in [2.05, 4.69) is 33.9 Å².